The van der Waals surface area contributed by atoms with Gasteiger partial charge < -0.3 is 24.4 Å². The Kier molecular flexibility index (Phi) is 10.1. The first-order chi connectivity index (χ1) is 28.6. The quantitative estimate of drug-likeness (QED) is 0.205. The molecule has 0 bridgehead atoms. The standard InChI is InChI=1S/C45H44N8O6/c1-26(31-6-4-8-33-35(31)24-53(45(33)58)38-11-12-40(55)49-44(38)57)13-16-46-43(56)36-10-9-30(22-47-36)37-21-29-5-3-7-32(34(29)23-48-37)41-39-25-51(27(2)54)17-18-52(39)42(50-41)28-14-19-59-20-15-28/h3-10,13,21-23,28,38H,11-12,14-20,24-25H2,1-2H3,(H,46,56)(H,49,55,57)/b26-13+. The highest BCUT2D eigenvalue weighted by molar-refractivity contribution is 6.06. The summed E-state index contributed by atoms with van der Waals surface area (Å²) in [6.07, 6.45) is 7.74. The first-order valence-corrected chi connectivity index (χ1v) is 20.1. The van der Waals surface area contributed by atoms with Crippen molar-refractivity contribution in [1.82, 2.24) is 40.0 Å². The number of fused-ring (bicyclic) bond motifs is 3. The lowest BCUT2D eigenvalue weighted by atomic mass is 9.97. The number of carbonyl (C=O) groups excluding carboxylic acids is 5. The van der Waals surface area contributed by atoms with E-state index in [1.165, 1.54) is 4.90 Å². The van der Waals surface area contributed by atoms with Gasteiger partial charge in [0.25, 0.3) is 11.8 Å². The SMILES string of the molecule is CC(=O)N1CCn2c(C3CCOCC3)nc(-c3cccc4cc(-c5ccc(C(=O)NC/C=C(\C)c6cccc7c6CN(C6CCC(=O)NC6=O)C7=O)nc5)ncc34)c2C1. The molecule has 14 heteroatoms. The van der Waals surface area contributed by atoms with Crippen molar-refractivity contribution in [2.45, 2.75) is 71.1 Å². The fraction of sp³-hybridized carbons (Fsp3) is 0.333. The number of aromatic nitrogens is 4. The van der Waals surface area contributed by atoms with Crippen molar-refractivity contribution in [3.63, 3.8) is 0 Å². The van der Waals surface area contributed by atoms with Gasteiger partial charge in [-0.05, 0) is 72.5 Å². The fourth-order valence-electron chi connectivity index (χ4n) is 8.82. The second-order valence-electron chi connectivity index (χ2n) is 15.6. The van der Waals surface area contributed by atoms with Crippen LogP contribution in [0.4, 0.5) is 0 Å². The lowest BCUT2D eigenvalue weighted by Gasteiger charge is -2.30. The molecular formula is C45H44N8O6. The van der Waals surface area contributed by atoms with E-state index >= 15 is 0 Å². The van der Waals surface area contributed by atoms with Gasteiger partial charge in [0.1, 0.15) is 17.6 Å². The average Bonchev–Trinajstić information content (AvgIpc) is 3.80. The molecule has 59 heavy (non-hydrogen) atoms. The first-order valence-electron chi connectivity index (χ1n) is 20.1. The summed E-state index contributed by atoms with van der Waals surface area (Å²) < 4.78 is 7.98. The molecule has 300 valence electrons. The minimum atomic E-state index is -0.690. The Bertz CT molecular complexity index is 2570. The number of imide groups is 1. The van der Waals surface area contributed by atoms with E-state index in [9.17, 15) is 24.0 Å². The highest BCUT2D eigenvalue weighted by atomic mass is 16.5. The maximum atomic E-state index is 13.3. The Morgan fingerprint density at radius 3 is 2.53 bits per heavy atom. The summed E-state index contributed by atoms with van der Waals surface area (Å²) in [5.41, 5.74) is 7.75. The molecule has 14 nitrogen and oxygen atoms in total. The number of ether oxygens (including phenoxy) is 1. The molecule has 0 aliphatic carbocycles. The lowest BCUT2D eigenvalue weighted by Crippen LogP contribution is -2.52. The molecule has 4 aliphatic rings. The van der Waals surface area contributed by atoms with E-state index in [0.717, 1.165) is 87.6 Å². The number of carbonyl (C=O) groups is 5. The molecule has 2 fully saturated rings. The van der Waals surface area contributed by atoms with Crippen LogP contribution in [-0.4, -0.2) is 91.2 Å². The van der Waals surface area contributed by atoms with Crippen LogP contribution in [0.25, 0.3) is 38.9 Å². The van der Waals surface area contributed by atoms with Crippen molar-refractivity contribution in [2.75, 3.05) is 26.3 Å². The predicted octanol–water partition coefficient (Wildman–Crippen LogP) is 5.01. The number of rotatable bonds is 8. The minimum Gasteiger partial charge on any atom is -0.381 e. The summed E-state index contributed by atoms with van der Waals surface area (Å²) >= 11 is 0. The number of hydrogen-bond acceptors (Lipinski definition) is 9. The molecule has 2 saturated heterocycles. The van der Waals surface area contributed by atoms with Crippen molar-refractivity contribution in [2.24, 2.45) is 0 Å². The van der Waals surface area contributed by atoms with Gasteiger partial charge in [0.05, 0.1) is 23.6 Å². The number of benzene rings is 2. The number of imidazole rings is 1. The van der Waals surface area contributed by atoms with E-state index in [1.54, 1.807) is 25.3 Å². The van der Waals surface area contributed by atoms with E-state index in [1.807, 2.05) is 54.4 Å². The zero-order valence-electron chi connectivity index (χ0n) is 33.0. The van der Waals surface area contributed by atoms with Gasteiger partial charge in [-0.15, -0.1) is 0 Å². The molecule has 7 heterocycles. The first kappa shape index (κ1) is 38.0. The molecule has 0 saturated carbocycles. The second-order valence-corrected chi connectivity index (χ2v) is 15.6. The molecule has 9 rings (SSSR count). The van der Waals surface area contributed by atoms with Gasteiger partial charge in [0.15, 0.2) is 0 Å². The van der Waals surface area contributed by atoms with Gasteiger partial charge >= 0.3 is 0 Å². The van der Waals surface area contributed by atoms with Crippen molar-refractivity contribution in [3.8, 4) is 22.5 Å². The van der Waals surface area contributed by atoms with Crippen LogP contribution in [-0.2, 0) is 38.8 Å². The smallest absolute Gasteiger partial charge is 0.270 e. The maximum Gasteiger partial charge on any atom is 0.270 e. The van der Waals surface area contributed by atoms with Gasteiger partial charge in [0, 0.05) is 93.1 Å². The summed E-state index contributed by atoms with van der Waals surface area (Å²) in [4.78, 5) is 81.1. The van der Waals surface area contributed by atoms with Gasteiger partial charge in [-0.1, -0.05) is 36.4 Å². The molecule has 0 spiro atoms. The monoisotopic (exact) mass is 792 g/mol. The number of nitrogens with one attached hydrogen (secondary N) is 2. The van der Waals surface area contributed by atoms with Crippen LogP contribution < -0.4 is 10.6 Å². The third-order valence-corrected chi connectivity index (χ3v) is 12.1. The molecule has 1 atom stereocenters. The third-order valence-electron chi connectivity index (χ3n) is 12.1. The van der Waals surface area contributed by atoms with Gasteiger partial charge in [-0.3, -0.25) is 39.3 Å². The highest BCUT2D eigenvalue weighted by Crippen LogP contribution is 2.38. The van der Waals surface area contributed by atoms with Crippen LogP contribution in [0.5, 0.6) is 0 Å². The minimum absolute atomic E-state index is 0.0533. The number of amides is 5. The molecule has 2 N–H and O–H groups in total. The molecule has 0 radical (unpaired) electrons. The van der Waals surface area contributed by atoms with Crippen molar-refractivity contribution < 1.29 is 28.7 Å². The zero-order valence-corrected chi connectivity index (χ0v) is 33.0. The van der Waals surface area contributed by atoms with Crippen LogP contribution in [0.2, 0.25) is 0 Å². The topological polar surface area (TPSA) is 169 Å². The number of hydrogen-bond donors (Lipinski definition) is 2. The van der Waals surface area contributed by atoms with Crippen LogP contribution in [0.3, 0.4) is 0 Å². The largest absolute Gasteiger partial charge is 0.381 e. The van der Waals surface area contributed by atoms with Crippen LogP contribution >= 0.6 is 0 Å². The zero-order chi connectivity index (χ0) is 40.8. The summed E-state index contributed by atoms with van der Waals surface area (Å²) in [7, 11) is 0. The summed E-state index contributed by atoms with van der Waals surface area (Å²) in [6, 6.07) is 16.5. The van der Waals surface area contributed by atoms with Crippen molar-refractivity contribution in [1.29, 1.82) is 0 Å². The second kappa shape index (κ2) is 15.7. The Balaban J connectivity index is 0.892. The molecule has 5 aromatic rings. The van der Waals surface area contributed by atoms with E-state index in [4.69, 9.17) is 14.7 Å². The number of pyridine rings is 2. The molecule has 2 aromatic carbocycles. The predicted molar refractivity (Wildman–Crippen MR) is 219 cm³/mol. The van der Waals surface area contributed by atoms with Crippen LogP contribution in [0, 0.1) is 0 Å². The molecule has 1 unspecified atom stereocenters. The highest BCUT2D eigenvalue weighted by Gasteiger charge is 2.40. The summed E-state index contributed by atoms with van der Waals surface area (Å²) in [6.45, 7) is 7.37. The van der Waals surface area contributed by atoms with Crippen molar-refractivity contribution >= 4 is 45.9 Å². The van der Waals surface area contributed by atoms with Gasteiger partial charge in [-0.2, -0.15) is 0 Å². The summed E-state index contributed by atoms with van der Waals surface area (Å²) in [5.74, 6) is 0.0973. The molecule has 3 aromatic heterocycles. The van der Waals surface area contributed by atoms with Crippen LogP contribution in [0.1, 0.15) is 88.9 Å². The van der Waals surface area contributed by atoms with Gasteiger partial charge in [-0.25, -0.2) is 4.98 Å². The van der Waals surface area contributed by atoms with Crippen molar-refractivity contribution in [3.05, 3.63) is 107 Å². The number of piperidine rings is 1. The van der Waals surface area contributed by atoms with E-state index in [2.05, 4.69) is 32.3 Å². The number of allylic oxidation sites excluding steroid dienone is 1. The molecular weight excluding hydrogens is 749 g/mol. The maximum absolute atomic E-state index is 13.3. The molecule has 5 amide bonds. The molecule has 4 aliphatic heterocycles. The van der Waals surface area contributed by atoms with E-state index in [0.29, 0.717) is 37.5 Å². The Morgan fingerprint density at radius 1 is 0.932 bits per heavy atom. The van der Waals surface area contributed by atoms with E-state index < -0.39 is 11.9 Å². The van der Waals surface area contributed by atoms with Crippen LogP contribution in [0.15, 0.2) is 73.1 Å². The Morgan fingerprint density at radius 2 is 1.75 bits per heavy atom. The normalized spacial score (nSPS) is 18.5. The third kappa shape index (κ3) is 7.17. The Hall–Kier alpha value is -6.54. The average molecular weight is 793 g/mol. The van der Waals surface area contributed by atoms with Gasteiger partial charge in [0.2, 0.25) is 17.7 Å². The van der Waals surface area contributed by atoms with E-state index in [-0.39, 0.29) is 48.8 Å². The fourth-order valence-corrected chi connectivity index (χ4v) is 8.82. The number of nitrogens with zero attached hydrogens (tertiary/aromatic N) is 6. The summed E-state index contributed by atoms with van der Waals surface area (Å²) in [5, 5.41) is 7.20. The lowest BCUT2D eigenvalue weighted by molar-refractivity contribution is -0.137. The Labute approximate surface area is 340 Å².